The summed E-state index contributed by atoms with van der Waals surface area (Å²) in [5.41, 5.74) is -0.130. The van der Waals surface area contributed by atoms with E-state index in [1.54, 1.807) is 6.92 Å². The standard InChI is InChI=1S/C16H18Cl3NO5/c1-4-8(2)14(16(23)24-3)20-11(21)7-25-15(22)12-9(17)5-6-10(18)13(12)19/h5-6,8,14H,4,7H2,1-3H3,(H,20,21)/t8-,14-/m1/s1. The minimum absolute atomic E-state index is 0.0480. The third-order valence-corrected chi connectivity index (χ3v) is 4.69. The molecule has 1 rings (SSSR count). The lowest BCUT2D eigenvalue weighted by molar-refractivity contribution is -0.147. The third kappa shape index (κ3) is 5.76. The van der Waals surface area contributed by atoms with Crippen LogP contribution in [-0.2, 0) is 19.1 Å². The Kier molecular flexibility index (Phi) is 8.48. The van der Waals surface area contributed by atoms with E-state index in [0.29, 0.717) is 6.42 Å². The predicted molar refractivity (Wildman–Crippen MR) is 95.2 cm³/mol. The van der Waals surface area contributed by atoms with Gasteiger partial charge >= 0.3 is 11.9 Å². The van der Waals surface area contributed by atoms with Gasteiger partial charge in [-0.3, -0.25) is 4.79 Å². The van der Waals surface area contributed by atoms with E-state index in [1.165, 1.54) is 19.2 Å². The number of amides is 1. The molecule has 0 spiro atoms. The van der Waals surface area contributed by atoms with Gasteiger partial charge in [0.05, 0.1) is 27.7 Å². The van der Waals surface area contributed by atoms with Gasteiger partial charge in [-0.05, 0) is 18.1 Å². The van der Waals surface area contributed by atoms with Crippen LogP contribution in [0.2, 0.25) is 15.1 Å². The van der Waals surface area contributed by atoms with Crippen molar-refractivity contribution in [3.8, 4) is 0 Å². The maximum atomic E-state index is 12.1. The lowest BCUT2D eigenvalue weighted by Gasteiger charge is -2.21. The molecule has 1 N–H and O–H groups in total. The van der Waals surface area contributed by atoms with E-state index in [-0.39, 0.29) is 26.5 Å². The molecule has 0 aromatic heterocycles. The second kappa shape index (κ2) is 9.85. The number of esters is 2. The van der Waals surface area contributed by atoms with Gasteiger partial charge in [-0.15, -0.1) is 0 Å². The Bertz CT molecular complexity index is 665. The van der Waals surface area contributed by atoms with Crippen LogP contribution in [0.15, 0.2) is 12.1 Å². The van der Waals surface area contributed by atoms with Crippen LogP contribution in [0.5, 0.6) is 0 Å². The lowest BCUT2D eigenvalue weighted by atomic mass is 9.99. The number of nitrogens with one attached hydrogen (secondary N) is 1. The molecule has 25 heavy (non-hydrogen) atoms. The van der Waals surface area contributed by atoms with E-state index in [9.17, 15) is 14.4 Å². The van der Waals surface area contributed by atoms with Gasteiger partial charge in [-0.2, -0.15) is 0 Å². The van der Waals surface area contributed by atoms with Gasteiger partial charge in [0, 0.05) is 0 Å². The number of methoxy groups -OCH3 is 1. The number of ether oxygens (including phenoxy) is 2. The Morgan fingerprint density at radius 3 is 2.32 bits per heavy atom. The molecule has 0 aliphatic carbocycles. The molecule has 0 bridgehead atoms. The van der Waals surface area contributed by atoms with Crippen LogP contribution in [0.1, 0.15) is 30.6 Å². The molecule has 0 fully saturated rings. The number of hydrogen-bond acceptors (Lipinski definition) is 5. The van der Waals surface area contributed by atoms with Crippen molar-refractivity contribution in [3.63, 3.8) is 0 Å². The molecule has 138 valence electrons. The van der Waals surface area contributed by atoms with E-state index in [4.69, 9.17) is 39.5 Å². The highest BCUT2D eigenvalue weighted by Crippen LogP contribution is 2.31. The minimum Gasteiger partial charge on any atom is -0.467 e. The highest BCUT2D eigenvalue weighted by Gasteiger charge is 2.27. The zero-order chi connectivity index (χ0) is 19.1. The molecule has 0 radical (unpaired) electrons. The number of rotatable bonds is 7. The van der Waals surface area contributed by atoms with Crippen molar-refractivity contribution in [2.75, 3.05) is 13.7 Å². The van der Waals surface area contributed by atoms with Crippen molar-refractivity contribution in [2.45, 2.75) is 26.3 Å². The molecule has 0 saturated heterocycles. The summed E-state index contributed by atoms with van der Waals surface area (Å²) in [6.45, 7) is 3.05. The van der Waals surface area contributed by atoms with E-state index < -0.39 is 30.5 Å². The molecule has 6 nitrogen and oxygen atoms in total. The molecule has 1 aromatic rings. The van der Waals surface area contributed by atoms with Crippen molar-refractivity contribution in [1.29, 1.82) is 0 Å². The molecule has 0 saturated carbocycles. The number of hydrogen-bond donors (Lipinski definition) is 1. The summed E-state index contributed by atoms with van der Waals surface area (Å²) in [7, 11) is 1.23. The molecule has 2 atom stereocenters. The first-order valence-electron chi connectivity index (χ1n) is 7.40. The summed E-state index contributed by atoms with van der Waals surface area (Å²) in [6.07, 6.45) is 0.646. The van der Waals surface area contributed by atoms with Gasteiger partial charge in [0.2, 0.25) is 0 Å². The number of carbonyl (C=O) groups is 3. The van der Waals surface area contributed by atoms with Crippen LogP contribution in [0.4, 0.5) is 0 Å². The maximum absolute atomic E-state index is 12.1. The van der Waals surface area contributed by atoms with Gasteiger partial charge < -0.3 is 14.8 Å². The topological polar surface area (TPSA) is 81.7 Å². The van der Waals surface area contributed by atoms with Crippen LogP contribution in [0.25, 0.3) is 0 Å². The first-order chi connectivity index (χ1) is 11.7. The smallest absolute Gasteiger partial charge is 0.341 e. The average Bonchev–Trinajstić information content (AvgIpc) is 2.60. The summed E-state index contributed by atoms with van der Waals surface area (Å²) < 4.78 is 9.57. The maximum Gasteiger partial charge on any atom is 0.341 e. The lowest BCUT2D eigenvalue weighted by Crippen LogP contribution is -2.47. The van der Waals surface area contributed by atoms with E-state index in [2.05, 4.69) is 10.1 Å². The average molecular weight is 411 g/mol. The molecule has 0 aliphatic rings. The predicted octanol–water partition coefficient (Wildman–Crippen LogP) is 3.51. The quantitative estimate of drug-likeness (QED) is 0.549. The summed E-state index contributed by atoms with van der Waals surface area (Å²) in [5.74, 6) is -2.27. The monoisotopic (exact) mass is 409 g/mol. The normalized spacial score (nSPS) is 12.9. The Morgan fingerprint density at radius 2 is 1.76 bits per heavy atom. The molecule has 0 unspecified atom stereocenters. The fourth-order valence-electron chi connectivity index (χ4n) is 1.93. The highest BCUT2D eigenvalue weighted by molar-refractivity contribution is 6.46. The fraction of sp³-hybridized carbons (Fsp3) is 0.438. The van der Waals surface area contributed by atoms with Gasteiger partial charge in [-0.1, -0.05) is 55.1 Å². The van der Waals surface area contributed by atoms with Crippen molar-refractivity contribution in [1.82, 2.24) is 5.32 Å². The van der Waals surface area contributed by atoms with Crippen molar-refractivity contribution >= 4 is 52.6 Å². The van der Waals surface area contributed by atoms with Crippen LogP contribution >= 0.6 is 34.8 Å². The number of benzene rings is 1. The molecule has 9 heteroatoms. The SMILES string of the molecule is CC[C@@H](C)[C@@H](NC(=O)COC(=O)c1c(Cl)ccc(Cl)c1Cl)C(=O)OC. The van der Waals surface area contributed by atoms with E-state index >= 15 is 0 Å². The van der Waals surface area contributed by atoms with Gasteiger partial charge in [0.15, 0.2) is 6.61 Å². The van der Waals surface area contributed by atoms with Crippen molar-refractivity contribution in [3.05, 3.63) is 32.8 Å². The first-order valence-corrected chi connectivity index (χ1v) is 8.54. The van der Waals surface area contributed by atoms with Crippen LogP contribution < -0.4 is 5.32 Å². The highest BCUT2D eigenvalue weighted by atomic mass is 35.5. The van der Waals surface area contributed by atoms with Crippen LogP contribution in [-0.4, -0.2) is 37.6 Å². The second-order valence-electron chi connectivity index (χ2n) is 5.25. The van der Waals surface area contributed by atoms with Gasteiger partial charge in [0.1, 0.15) is 6.04 Å². The van der Waals surface area contributed by atoms with Crippen molar-refractivity contribution < 1.29 is 23.9 Å². The molecule has 0 aliphatic heterocycles. The van der Waals surface area contributed by atoms with Crippen LogP contribution in [0, 0.1) is 5.92 Å². The number of carbonyl (C=O) groups excluding carboxylic acids is 3. The molecular weight excluding hydrogens is 393 g/mol. The summed E-state index contributed by atoms with van der Waals surface area (Å²) in [6, 6.07) is 1.99. The minimum atomic E-state index is -0.897. The first kappa shape index (κ1) is 21.5. The Hall–Kier alpha value is -1.50. The van der Waals surface area contributed by atoms with Gasteiger partial charge in [0.25, 0.3) is 5.91 Å². The molecular formula is C16H18Cl3NO5. The molecule has 1 amide bonds. The van der Waals surface area contributed by atoms with Gasteiger partial charge in [-0.25, -0.2) is 9.59 Å². The van der Waals surface area contributed by atoms with E-state index in [0.717, 1.165) is 0 Å². The van der Waals surface area contributed by atoms with Crippen molar-refractivity contribution in [2.24, 2.45) is 5.92 Å². The molecule has 1 aromatic carbocycles. The molecule has 0 heterocycles. The summed E-state index contributed by atoms with van der Waals surface area (Å²) in [5, 5.41) is 2.60. The van der Waals surface area contributed by atoms with Crippen LogP contribution in [0.3, 0.4) is 0 Å². The zero-order valence-electron chi connectivity index (χ0n) is 13.9. The summed E-state index contributed by atoms with van der Waals surface area (Å²) >= 11 is 17.7. The summed E-state index contributed by atoms with van der Waals surface area (Å²) in [4.78, 5) is 35.8. The third-order valence-electron chi connectivity index (χ3n) is 3.57. The van der Waals surface area contributed by atoms with E-state index in [1.807, 2.05) is 6.92 Å². The Labute approximate surface area is 160 Å². The Balaban J connectivity index is 2.74. The second-order valence-corrected chi connectivity index (χ2v) is 6.44. The fourth-order valence-corrected chi connectivity index (χ4v) is 2.61. The largest absolute Gasteiger partial charge is 0.467 e. The zero-order valence-corrected chi connectivity index (χ0v) is 16.2. The number of halogens is 3. The Morgan fingerprint density at radius 1 is 1.16 bits per heavy atom.